The molecule has 0 fully saturated rings. The molecular weight excluding hydrogens is 444 g/mol. The lowest BCUT2D eigenvalue weighted by Gasteiger charge is -2.09. The fourth-order valence-electron chi connectivity index (χ4n) is 2.63. The molecule has 2 aromatic carbocycles. The fourth-order valence-corrected chi connectivity index (χ4v) is 2.63. The van der Waals surface area contributed by atoms with Crippen LogP contribution in [-0.4, -0.2) is 42.5 Å². The monoisotopic (exact) mass is 465 g/mol. The van der Waals surface area contributed by atoms with Crippen molar-refractivity contribution in [3.63, 3.8) is 0 Å². The average Bonchev–Trinajstić information content (AvgIpc) is 2.76. The first-order chi connectivity index (χ1) is 15.7. The van der Waals surface area contributed by atoms with Crippen molar-refractivity contribution in [3.8, 4) is 5.75 Å². The van der Waals surface area contributed by atoms with E-state index < -0.39 is 40.9 Å². The zero-order chi connectivity index (χ0) is 24.4. The summed E-state index contributed by atoms with van der Waals surface area (Å²) >= 11 is 0. The normalized spacial score (nSPS) is 10.3. The molecule has 0 saturated carbocycles. The van der Waals surface area contributed by atoms with Gasteiger partial charge in [0, 0.05) is 19.0 Å². The van der Waals surface area contributed by atoms with Gasteiger partial charge in [-0.2, -0.15) is 0 Å². The lowest BCUT2D eigenvalue weighted by Crippen LogP contribution is -2.26. The molecule has 0 atom stereocenters. The van der Waals surface area contributed by atoms with Gasteiger partial charge in [0.25, 0.3) is 17.5 Å². The second-order valence-electron chi connectivity index (χ2n) is 6.56. The number of nitro benzene ring substituents is 1. The van der Waals surface area contributed by atoms with Gasteiger partial charge in [-0.25, -0.2) is 8.78 Å². The number of anilines is 1. The standard InChI is InChI=1S/C21H21F2N3O7/c1-2-32-14-6-8-17(18(11-14)26(30)31)25-19(27)12-33-20(28)4-3-9-24-21(29)15-7-5-13(22)10-16(15)23/h5-8,10-11H,2-4,9,12H2,1H3,(H,24,29)(H,25,27). The SMILES string of the molecule is CCOc1ccc(NC(=O)COC(=O)CCCNC(=O)c2ccc(F)cc2F)c([N+](=O)[O-])c1. The Kier molecular flexibility index (Phi) is 9.21. The number of rotatable bonds is 11. The van der Waals surface area contributed by atoms with E-state index in [0.29, 0.717) is 12.7 Å². The molecule has 2 aromatic rings. The van der Waals surface area contributed by atoms with Crippen LogP contribution in [0.3, 0.4) is 0 Å². The predicted molar refractivity (Wildman–Crippen MR) is 112 cm³/mol. The highest BCUT2D eigenvalue weighted by Gasteiger charge is 2.18. The third kappa shape index (κ3) is 7.83. The number of ether oxygens (including phenoxy) is 2. The summed E-state index contributed by atoms with van der Waals surface area (Å²) in [6, 6.07) is 6.44. The number of esters is 1. The zero-order valence-electron chi connectivity index (χ0n) is 17.6. The number of halogens is 2. The van der Waals surface area contributed by atoms with E-state index in [1.807, 2.05) is 0 Å². The minimum atomic E-state index is -1.01. The Labute approximate surface area is 187 Å². The molecule has 0 aliphatic rings. The van der Waals surface area contributed by atoms with E-state index in [1.54, 1.807) is 6.92 Å². The first-order valence-electron chi connectivity index (χ1n) is 9.81. The molecule has 0 spiro atoms. The third-order valence-corrected chi connectivity index (χ3v) is 4.13. The maximum Gasteiger partial charge on any atom is 0.306 e. The van der Waals surface area contributed by atoms with Crippen LogP contribution in [0.15, 0.2) is 36.4 Å². The van der Waals surface area contributed by atoms with Gasteiger partial charge in [0.05, 0.1) is 23.2 Å². The highest BCUT2D eigenvalue weighted by Crippen LogP contribution is 2.29. The molecule has 2 N–H and O–H groups in total. The second kappa shape index (κ2) is 12.1. The van der Waals surface area contributed by atoms with Gasteiger partial charge in [0.1, 0.15) is 23.1 Å². The van der Waals surface area contributed by atoms with Gasteiger partial charge in [0.2, 0.25) is 0 Å². The molecule has 0 aromatic heterocycles. The lowest BCUT2D eigenvalue weighted by molar-refractivity contribution is -0.384. The van der Waals surface area contributed by atoms with Crippen molar-refractivity contribution < 1.29 is 37.6 Å². The van der Waals surface area contributed by atoms with E-state index >= 15 is 0 Å². The van der Waals surface area contributed by atoms with Gasteiger partial charge in [0.15, 0.2) is 6.61 Å². The van der Waals surface area contributed by atoms with Crippen molar-refractivity contribution in [1.82, 2.24) is 5.32 Å². The van der Waals surface area contributed by atoms with Gasteiger partial charge >= 0.3 is 5.97 Å². The number of carbonyl (C=O) groups excluding carboxylic acids is 3. The summed E-state index contributed by atoms with van der Waals surface area (Å²) in [6.07, 6.45) is -0.0119. The molecule has 33 heavy (non-hydrogen) atoms. The van der Waals surface area contributed by atoms with E-state index in [2.05, 4.69) is 10.6 Å². The Morgan fingerprint density at radius 3 is 2.55 bits per heavy atom. The molecule has 0 aliphatic carbocycles. The summed E-state index contributed by atoms with van der Waals surface area (Å²) < 4.78 is 36.4. The van der Waals surface area contributed by atoms with E-state index in [9.17, 15) is 33.3 Å². The van der Waals surface area contributed by atoms with Crippen molar-refractivity contribution >= 4 is 29.2 Å². The van der Waals surface area contributed by atoms with Gasteiger partial charge in [-0.15, -0.1) is 0 Å². The predicted octanol–water partition coefficient (Wildman–Crippen LogP) is 2.96. The minimum Gasteiger partial charge on any atom is -0.494 e. The molecular formula is C21H21F2N3O7. The lowest BCUT2D eigenvalue weighted by atomic mass is 10.2. The molecule has 12 heteroatoms. The molecule has 0 unspecified atom stereocenters. The topological polar surface area (TPSA) is 137 Å². The summed E-state index contributed by atoms with van der Waals surface area (Å²) in [4.78, 5) is 46.1. The Hall–Kier alpha value is -4.09. The van der Waals surface area contributed by atoms with E-state index in [4.69, 9.17) is 9.47 Å². The molecule has 176 valence electrons. The number of hydrogen-bond donors (Lipinski definition) is 2. The Bertz CT molecular complexity index is 1050. The highest BCUT2D eigenvalue weighted by atomic mass is 19.1. The molecule has 0 saturated heterocycles. The van der Waals surface area contributed by atoms with Crippen LogP contribution >= 0.6 is 0 Å². The van der Waals surface area contributed by atoms with Crippen molar-refractivity contribution in [2.24, 2.45) is 0 Å². The number of hydrogen-bond acceptors (Lipinski definition) is 7. The number of carbonyl (C=O) groups is 3. The molecule has 0 bridgehead atoms. The summed E-state index contributed by atoms with van der Waals surface area (Å²) in [6.45, 7) is 1.37. The number of nitrogens with zero attached hydrogens (tertiary/aromatic N) is 1. The van der Waals surface area contributed by atoms with Crippen LogP contribution in [0, 0.1) is 21.7 Å². The van der Waals surface area contributed by atoms with Gasteiger partial charge in [-0.1, -0.05) is 0 Å². The first-order valence-corrected chi connectivity index (χ1v) is 9.81. The molecule has 2 amide bonds. The summed E-state index contributed by atoms with van der Waals surface area (Å²) in [5, 5.41) is 15.9. The van der Waals surface area contributed by atoms with Crippen LogP contribution in [0.1, 0.15) is 30.1 Å². The van der Waals surface area contributed by atoms with Gasteiger partial charge < -0.3 is 20.1 Å². The van der Waals surface area contributed by atoms with E-state index in [0.717, 1.165) is 18.2 Å². The Morgan fingerprint density at radius 2 is 1.88 bits per heavy atom. The number of nitro groups is 1. The highest BCUT2D eigenvalue weighted by molar-refractivity contribution is 5.95. The molecule has 0 heterocycles. The van der Waals surface area contributed by atoms with Crippen LogP contribution < -0.4 is 15.4 Å². The van der Waals surface area contributed by atoms with E-state index in [1.165, 1.54) is 12.1 Å². The average molecular weight is 465 g/mol. The number of amides is 2. The maximum atomic E-state index is 13.5. The number of nitrogens with one attached hydrogen (secondary N) is 2. The third-order valence-electron chi connectivity index (χ3n) is 4.13. The summed E-state index contributed by atoms with van der Waals surface area (Å²) in [7, 11) is 0. The quantitative estimate of drug-likeness (QED) is 0.225. The molecule has 10 nitrogen and oxygen atoms in total. The smallest absolute Gasteiger partial charge is 0.306 e. The Balaban J connectivity index is 1.74. The second-order valence-corrected chi connectivity index (χ2v) is 6.56. The van der Waals surface area contributed by atoms with E-state index in [-0.39, 0.29) is 42.1 Å². The van der Waals surface area contributed by atoms with Gasteiger partial charge in [-0.05, 0) is 37.6 Å². The first kappa shape index (κ1) is 25.2. The minimum absolute atomic E-state index is 0.00925. The van der Waals surface area contributed by atoms with Gasteiger partial charge in [-0.3, -0.25) is 24.5 Å². The van der Waals surface area contributed by atoms with Crippen LogP contribution in [0.2, 0.25) is 0 Å². The van der Waals surface area contributed by atoms with Crippen LogP contribution in [0.25, 0.3) is 0 Å². The summed E-state index contributed by atoms with van der Waals surface area (Å²) in [5.41, 5.74) is -0.798. The van der Waals surface area contributed by atoms with Crippen LogP contribution in [-0.2, 0) is 14.3 Å². The maximum absolute atomic E-state index is 13.5. The molecule has 2 rings (SSSR count). The molecule has 0 aliphatic heterocycles. The fraction of sp³-hybridized carbons (Fsp3) is 0.286. The van der Waals surface area contributed by atoms with Crippen molar-refractivity contribution in [1.29, 1.82) is 0 Å². The largest absolute Gasteiger partial charge is 0.494 e. The summed E-state index contributed by atoms with van der Waals surface area (Å²) in [5.74, 6) is -3.84. The molecule has 0 radical (unpaired) electrons. The van der Waals surface area contributed by atoms with Crippen LogP contribution in [0.4, 0.5) is 20.2 Å². The Morgan fingerprint density at radius 1 is 1.12 bits per heavy atom. The van der Waals surface area contributed by atoms with Crippen molar-refractivity contribution in [3.05, 3.63) is 63.7 Å². The zero-order valence-corrected chi connectivity index (χ0v) is 17.6. The van der Waals surface area contributed by atoms with Crippen molar-refractivity contribution in [2.45, 2.75) is 19.8 Å². The van der Waals surface area contributed by atoms with Crippen molar-refractivity contribution in [2.75, 3.05) is 25.1 Å². The van der Waals surface area contributed by atoms with Crippen LogP contribution in [0.5, 0.6) is 5.75 Å². The number of benzene rings is 2.